The normalized spacial score (nSPS) is 10.9. The Kier molecular flexibility index (Phi) is 4.18. The van der Waals surface area contributed by atoms with E-state index in [1.54, 1.807) is 0 Å². The number of nitrogens with zero attached hydrogens (tertiary/aromatic N) is 1. The molecular formula is C12H7ClN2O4S2. The Morgan fingerprint density at radius 2 is 2.10 bits per heavy atom. The van der Waals surface area contributed by atoms with E-state index in [1.165, 1.54) is 23.6 Å². The third kappa shape index (κ3) is 3.33. The highest BCUT2D eigenvalue weighted by Crippen LogP contribution is 2.25. The van der Waals surface area contributed by atoms with Crippen LogP contribution in [0.5, 0.6) is 0 Å². The molecule has 0 fully saturated rings. The second kappa shape index (κ2) is 5.73. The molecule has 9 heteroatoms. The first kappa shape index (κ1) is 15.3. The number of benzene rings is 1. The van der Waals surface area contributed by atoms with Crippen LogP contribution >= 0.6 is 22.9 Å². The van der Waals surface area contributed by atoms with Crippen LogP contribution in [-0.2, 0) is 10.0 Å². The molecule has 0 saturated heterocycles. The number of aromatic carboxylic acids is 1. The van der Waals surface area contributed by atoms with E-state index < -0.39 is 16.0 Å². The minimum atomic E-state index is -3.91. The number of hydrogen-bond donors (Lipinski definition) is 2. The summed E-state index contributed by atoms with van der Waals surface area (Å²) in [6, 6.07) is 7.01. The van der Waals surface area contributed by atoms with Crippen molar-refractivity contribution < 1.29 is 18.3 Å². The zero-order valence-electron chi connectivity index (χ0n) is 10.2. The van der Waals surface area contributed by atoms with Crippen LogP contribution in [0, 0.1) is 11.3 Å². The highest BCUT2D eigenvalue weighted by molar-refractivity contribution is 7.94. The predicted molar refractivity (Wildman–Crippen MR) is 78.3 cm³/mol. The fourth-order valence-electron chi connectivity index (χ4n) is 1.45. The SMILES string of the molecule is N#Cc1cc(NS(=O)(=O)c2cc(C(=O)O)cs2)ccc1Cl. The maximum Gasteiger partial charge on any atom is 0.336 e. The molecule has 2 N–H and O–H groups in total. The van der Waals surface area contributed by atoms with E-state index in [4.69, 9.17) is 22.0 Å². The number of nitrogens with one attached hydrogen (secondary N) is 1. The Balaban J connectivity index is 2.33. The van der Waals surface area contributed by atoms with Gasteiger partial charge in [0.05, 0.1) is 21.8 Å². The maximum absolute atomic E-state index is 12.1. The van der Waals surface area contributed by atoms with Crippen LogP contribution in [0.25, 0.3) is 0 Å². The van der Waals surface area contributed by atoms with Crippen molar-refractivity contribution >= 4 is 44.6 Å². The molecule has 1 aromatic carbocycles. The molecule has 0 aliphatic carbocycles. The molecule has 0 spiro atoms. The molecule has 0 saturated carbocycles. The third-order valence-corrected chi connectivity index (χ3v) is 5.58. The minimum absolute atomic E-state index is 0.103. The summed E-state index contributed by atoms with van der Waals surface area (Å²) in [4.78, 5) is 10.8. The Labute approximate surface area is 129 Å². The summed E-state index contributed by atoms with van der Waals surface area (Å²) < 4.78 is 26.4. The van der Waals surface area contributed by atoms with Crippen molar-refractivity contribution in [2.45, 2.75) is 4.21 Å². The molecule has 0 radical (unpaired) electrons. The fraction of sp³-hybridized carbons (Fsp3) is 0. The number of thiophene rings is 1. The summed E-state index contributed by atoms with van der Waals surface area (Å²) in [7, 11) is -3.91. The molecule has 0 aliphatic rings. The van der Waals surface area contributed by atoms with Crippen molar-refractivity contribution in [3.8, 4) is 6.07 Å². The van der Waals surface area contributed by atoms with Gasteiger partial charge in [-0.2, -0.15) is 5.26 Å². The number of nitriles is 1. The number of carbonyl (C=O) groups is 1. The monoisotopic (exact) mass is 342 g/mol. The first-order valence-corrected chi connectivity index (χ1v) is 8.12. The van der Waals surface area contributed by atoms with Crippen molar-refractivity contribution in [1.29, 1.82) is 5.26 Å². The zero-order valence-corrected chi connectivity index (χ0v) is 12.6. The number of halogens is 1. The number of hydrogen-bond acceptors (Lipinski definition) is 5. The van der Waals surface area contributed by atoms with Crippen LogP contribution in [-0.4, -0.2) is 19.5 Å². The van der Waals surface area contributed by atoms with Gasteiger partial charge in [-0.1, -0.05) is 11.6 Å². The van der Waals surface area contributed by atoms with Gasteiger partial charge in [-0.15, -0.1) is 11.3 Å². The third-order valence-electron chi connectivity index (χ3n) is 2.43. The Bertz CT molecular complexity index is 852. The molecule has 2 rings (SSSR count). The molecule has 21 heavy (non-hydrogen) atoms. The topological polar surface area (TPSA) is 107 Å². The Morgan fingerprint density at radius 1 is 1.38 bits per heavy atom. The lowest BCUT2D eigenvalue weighted by Crippen LogP contribution is -2.11. The molecule has 1 heterocycles. The van der Waals surface area contributed by atoms with E-state index in [0.29, 0.717) is 0 Å². The fourth-order valence-corrected chi connectivity index (χ4v) is 3.81. The molecular weight excluding hydrogens is 336 g/mol. The second-order valence-corrected chi connectivity index (χ2v) is 7.10. The van der Waals surface area contributed by atoms with Gasteiger partial charge in [0.2, 0.25) is 0 Å². The van der Waals surface area contributed by atoms with Crippen LogP contribution in [0.4, 0.5) is 5.69 Å². The van der Waals surface area contributed by atoms with Crippen LogP contribution in [0.1, 0.15) is 15.9 Å². The summed E-state index contributed by atoms with van der Waals surface area (Å²) in [5.41, 5.74) is 0.199. The minimum Gasteiger partial charge on any atom is -0.478 e. The van der Waals surface area contributed by atoms with Crippen molar-refractivity contribution in [1.82, 2.24) is 0 Å². The molecule has 108 valence electrons. The quantitative estimate of drug-likeness (QED) is 0.888. The van der Waals surface area contributed by atoms with Gasteiger partial charge in [0.25, 0.3) is 10.0 Å². The molecule has 0 bridgehead atoms. The Hall–Kier alpha value is -2.08. The number of rotatable bonds is 4. The van der Waals surface area contributed by atoms with E-state index >= 15 is 0 Å². The van der Waals surface area contributed by atoms with Crippen LogP contribution in [0.3, 0.4) is 0 Å². The number of anilines is 1. The highest BCUT2D eigenvalue weighted by Gasteiger charge is 2.19. The van der Waals surface area contributed by atoms with Crippen molar-refractivity contribution in [3.63, 3.8) is 0 Å². The number of sulfonamides is 1. The largest absolute Gasteiger partial charge is 0.478 e. The predicted octanol–water partition coefficient (Wildman–Crippen LogP) is 2.77. The van der Waals surface area contributed by atoms with Gasteiger partial charge in [0, 0.05) is 5.38 Å². The van der Waals surface area contributed by atoms with Crippen LogP contribution < -0.4 is 4.72 Å². The van der Waals surface area contributed by atoms with E-state index in [1.807, 2.05) is 6.07 Å². The van der Waals surface area contributed by atoms with Gasteiger partial charge in [-0.05, 0) is 24.3 Å². The molecule has 0 unspecified atom stereocenters. The van der Waals surface area contributed by atoms with Crippen LogP contribution in [0.2, 0.25) is 5.02 Å². The van der Waals surface area contributed by atoms with Gasteiger partial charge in [0.15, 0.2) is 0 Å². The van der Waals surface area contributed by atoms with Gasteiger partial charge in [-0.25, -0.2) is 13.2 Å². The first-order chi connectivity index (χ1) is 9.83. The first-order valence-electron chi connectivity index (χ1n) is 5.38. The van der Waals surface area contributed by atoms with Gasteiger partial charge in [-0.3, -0.25) is 4.72 Å². The van der Waals surface area contributed by atoms with E-state index in [-0.39, 0.29) is 26.0 Å². The van der Waals surface area contributed by atoms with Gasteiger partial charge in [0.1, 0.15) is 10.3 Å². The molecule has 2 aromatic rings. The summed E-state index contributed by atoms with van der Waals surface area (Å²) in [6.07, 6.45) is 0. The lowest BCUT2D eigenvalue weighted by Gasteiger charge is -2.06. The second-order valence-electron chi connectivity index (χ2n) is 3.87. The molecule has 6 nitrogen and oxygen atoms in total. The van der Waals surface area contributed by atoms with E-state index in [2.05, 4.69) is 4.72 Å². The van der Waals surface area contributed by atoms with Gasteiger partial charge < -0.3 is 5.11 Å². The molecule has 1 aromatic heterocycles. The summed E-state index contributed by atoms with van der Waals surface area (Å²) in [5.74, 6) is -1.20. The summed E-state index contributed by atoms with van der Waals surface area (Å²) in [6.45, 7) is 0. The van der Waals surface area contributed by atoms with E-state index in [9.17, 15) is 13.2 Å². The lowest BCUT2D eigenvalue weighted by molar-refractivity contribution is 0.0697. The summed E-state index contributed by atoms with van der Waals surface area (Å²) >= 11 is 6.55. The van der Waals surface area contributed by atoms with Crippen molar-refractivity contribution in [2.75, 3.05) is 4.72 Å². The number of carboxylic acids is 1. The number of carboxylic acid groups (broad SMARTS) is 1. The smallest absolute Gasteiger partial charge is 0.336 e. The van der Waals surface area contributed by atoms with Crippen molar-refractivity contribution in [3.05, 3.63) is 45.8 Å². The average Bonchev–Trinajstić information content (AvgIpc) is 2.91. The standard InChI is InChI=1S/C12H7ClN2O4S2/c13-10-2-1-9(3-7(10)5-14)15-21(18,19)11-4-8(6-20-11)12(16)17/h1-4,6,15H,(H,16,17). The van der Waals surface area contributed by atoms with E-state index in [0.717, 1.165) is 17.4 Å². The lowest BCUT2D eigenvalue weighted by atomic mass is 10.2. The maximum atomic E-state index is 12.1. The summed E-state index contributed by atoms with van der Waals surface area (Å²) in [5, 5.41) is 19.1. The average molecular weight is 343 g/mol. The van der Waals surface area contributed by atoms with Crippen molar-refractivity contribution in [2.24, 2.45) is 0 Å². The zero-order chi connectivity index (χ0) is 15.6. The molecule has 0 atom stereocenters. The molecule has 0 aliphatic heterocycles. The Morgan fingerprint density at radius 3 is 2.67 bits per heavy atom. The molecule has 0 amide bonds. The van der Waals surface area contributed by atoms with Crippen LogP contribution in [0.15, 0.2) is 33.9 Å². The highest BCUT2D eigenvalue weighted by atomic mass is 35.5. The van der Waals surface area contributed by atoms with Gasteiger partial charge >= 0.3 is 5.97 Å².